The van der Waals surface area contributed by atoms with Gasteiger partial charge in [0.2, 0.25) is 5.88 Å². The molecule has 88 valence electrons. The Balaban J connectivity index is 2.65. The maximum atomic E-state index is 11.8. The highest BCUT2D eigenvalue weighted by Gasteiger charge is 2.28. The molecular formula is C8H8F3N3O2. The fourth-order valence-corrected chi connectivity index (χ4v) is 0.831. The molecule has 0 radical (unpaired) electrons. The SMILES string of the molecule is N/C(=N/O)c1ccc(OCC(F)(F)F)nc1. The number of hydrogen-bond acceptors (Lipinski definition) is 4. The highest BCUT2D eigenvalue weighted by atomic mass is 19.4. The minimum atomic E-state index is -4.41. The lowest BCUT2D eigenvalue weighted by atomic mass is 10.3. The van der Waals surface area contributed by atoms with Crippen molar-refractivity contribution in [2.24, 2.45) is 10.9 Å². The molecule has 16 heavy (non-hydrogen) atoms. The molecule has 0 saturated carbocycles. The first-order valence-electron chi connectivity index (χ1n) is 4.06. The van der Waals surface area contributed by atoms with Gasteiger partial charge in [0, 0.05) is 17.8 Å². The van der Waals surface area contributed by atoms with Gasteiger partial charge in [-0.1, -0.05) is 5.16 Å². The first-order chi connectivity index (χ1) is 7.42. The highest BCUT2D eigenvalue weighted by molar-refractivity contribution is 5.96. The van der Waals surface area contributed by atoms with E-state index in [1.165, 1.54) is 12.1 Å². The van der Waals surface area contributed by atoms with Gasteiger partial charge in [-0.05, 0) is 6.07 Å². The van der Waals surface area contributed by atoms with Crippen molar-refractivity contribution in [1.82, 2.24) is 4.98 Å². The van der Waals surface area contributed by atoms with Gasteiger partial charge < -0.3 is 15.7 Å². The smallest absolute Gasteiger partial charge is 0.422 e. The molecule has 0 bridgehead atoms. The number of aromatic nitrogens is 1. The van der Waals surface area contributed by atoms with Crippen LogP contribution in [0.2, 0.25) is 0 Å². The van der Waals surface area contributed by atoms with E-state index in [2.05, 4.69) is 14.9 Å². The van der Waals surface area contributed by atoms with Crippen molar-refractivity contribution in [1.29, 1.82) is 0 Å². The lowest BCUT2D eigenvalue weighted by Gasteiger charge is -2.08. The van der Waals surface area contributed by atoms with Crippen LogP contribution in [0.1, 0.15) is 5.56 Å². The zero-order valence-corrected chi connectivity index (χ0v) is 7.90. The van der Waals surface area contributed by atoms with Gasteiger partial charge >= 0.3 is 6.18 Å². The molecule has 0 aliphatic heterocycles. The van der Waals surface area contributed by atoms with Crippen LogP contribution in [0, 0.1) is 0 Å². The molecule has 0 fully saturated rings. The number of amidine groups is 1. The molecule has 0 aliphatic carbocycles. The van der Waals surface area contributed by atoms with Gasteiger partial charge in [0.25, 0.3) is 0 Å². The molecule has 0 aromatic carbocycles. The summed E-state index contributed by atoms with van der Waals surface area (Å²) in [6.45, 7) is -1.41. The number of alkyl halides is 3. The predicted octanol–water partition coefficient (Wildman–Crippen LogP) is 1.12. The Hall–Kier alpha value is -1.99. The molecule has 5 nitrogen and oxygen atoms in total. The summed E-state index contributed by atoms with van der Waals surface area (Å²) in [5.41, 5.74) is 5.51. The van der Waals surface area contributed by atoms with E-state index in [1.54, 1.807) is 0 Å². The average Bonchev–Trinajstić information content (AvgIpc) is 2.25. The Bertz CT molecular complexity index is 375. The number of nitrogens with zero attached hydrogens (tertiary/aromatic N) is 2. The van der Waals surface area contributed by atoms with E-state index < -0.39 is 12.8 Å². The second-order valence-electron chi connectivity index (χ2n) is 2.77. The second kappa shape index (κ2) is 4.69. The monoisotopic (exact) mass is 235 g/mol. The predicted molar refractivity (Wildman–Crippen MR) is 48.3 cm³/mol. The van der Waals surface area contributed by atoms with E-state index in [0.29, 0.717) is 0 Å². The zero-order valence-electron chi connectivity index (χ0n) is 7.90. The van der Waals surface area contributed by atoms with E-state index in [4.69, 9.17) is 10.9 Å². The maximum Gasteiger partial charge on any atom is 0.422 e. The van der Waals surface area contributed by atoms with Crippen molar-refractivity contribution in [2.75, 3.05) is 6.61 Å². The van der Waals surface area contributed by atoms with E-state index in [9.17, 15) is 13.2 Å². The van der Waals surface area contributed by atoms with Crippen LogP contribution in [0.4, 0.5) is 13.2 Å². The first kappa shape index (κ1) is 12.1. The third-order valence-corrected chi connectivity index (χ3v) is 1.52. The van der Waals surface area contributed by atoms with Crippen molar-refractivity contribution < 1.29 is 23.1 Å². The molecule has 0 amide bonds. The van der Waals surface area contributed by atoms with E-state index in [1.807, 2.05) is 0 Å². The molecule has 3 N–H and O–H groups in total. The molecule has 1 rings (SSSR count). The number of nitrogens with two attached hydrogens (primary N) is 1. The third kappa shape index (κ3) is 3.64. The minimum absolute atomic E-state index is 0.185. The van der Waals surface area contributed by atoms with Gasteiger partial charge in [-0.25, -0.2) is 4.98 Å². The van der Waals surface area contributed by atoms with Crippen LogP contribution in [0.15, 0.2) is 23.5 Å². The Morgan fingerprint density at radius 1 is 1.50 bits per heavy atom. The summed E-state index contributed by atoms with van der Waals surface area (Å²) < 4.78 is 39.7. The highest BCUT2D eigenvalue weighted by Crippen LogP contribution is 2.16. The van der Waals surface area contributed by atoms with Crippen LogP contribution < -0.4 is 10.5 Å². The summed E-state index contributed by atoms with van der Waals surface area (Å²) >= 11 is 0. The third-order valence-electron chi connectivity index (χ3n) is 1.52. The molecule has 0 unspecified atom stereocenters. The van der Waals surface area contributed by atoms with Crippen LogP contribution in [0.25, 0.3) is 0 Å². The quantitative estimate of drug-likeness (QED) is 0.356. The van der Waals surface area contributed by atoms with Crippen molar-refractivity contribution >= 4 is 5.84 Å². The maximum absolute atomic E-state index is 11.8. The van der Waals surface area contributed by atoms with Gasteiger partial charge in [0.1, 0.15) is 0 Å². The molecule has 1 aromatic heterocycles. The molecule has 0 aliphatic rings. The van der Waals surface area contributed by atoms with Crippen LogP contribution in [0.3, 0.4) is 0 Å². The topological polar surface area (TPSA) is 80.7 Å². The van der Waals surface area contributed by atoms with Gasteiger partial charge in [-0.3, -0.25) is 0 Å². The molecule has 1 heterocycles. The van der Waals surface area contributed by atoms with E-state index in [-0.39, 0.29) is 17.3 Å². The Kier molecular flexibility index (Phi) is 3.54. The summed E-state index contributed by atoms with van der Waals surface area (Å²) in [5.74, 6) is -0.373. The second-order valence-corrected chi connectivity index (χ2v) is 2.77. The normalized spacial score (nSPS) is 12.6. The molecule has 0 atom stereocenters. The lowest BCUT2D eigenvalue weighted by molar-refractivity contribution is -0.154. The van der Waals surface area contributed by atoms with Crippen LogP contribution in [-0.2, 0) is 0 Å². The van der Waals surface area contributed by atoms with Crippen LogP contribution >= 0.6 is 0 Å². The van der Waals surface area contributed by atoms with Gasteiger partial charge in [0.15, 0.2) is 12.4 Å². The summed E-state index contributed by atoms with van der Waals surface area (Å²) in [5, 5.41) is 11.0. The standard InChI is InChI=1S/C8H8F3N3O2/c9-8(10,11)4-16-6-2-1-5(3-13-6)7(12)14-15/h1-3,15H,4H2,(H2,12,14). The zero-order chi connectivity index (χ0) is 12.2. The van der Waals surface area contributed by atoms with Crippen LogP contribution in [0.5, 0.6) is 5.88 Å². The summed E-state index contributed by atoms with van der Waals surface area (Å²) in [4.78, 5) is 3.56. The molecule has 1 aromatic rings. The average molecular weight is 235 g/mol. The minimum Gasteiger partial charge on any atom is -0.468 e. The lowest BCUT2D eigenvalue weighted by Crippen LogP contribution is -2.20. The van der Waals surface area contributed by atoms with Gasteiger partial charge in [-0.15, -0.1) is 0 Å². The molecular weight excluding hydrogens is 227 g/mol. The number of oxime groups is 1. The number of pyridine rings is 1. The number of ether oxygens (including phenoxy) is 1. The Morgan fingerprint density at radius 3 is 2.62 bits per heavy atom. The van der Waals surface area contributed by atoms with Crippen molar-refractivity contribution in [2.45, 2.75) is 6.18 Å². The van der Waals surface area contributed by atoms with Gasteiger partial charge in [-0.2, -0.15) is 13.2 Å². The van der Waals surface area contributed by atoms with Crippen molar-refractivity contribution in [3.05, 3.63) is 23.9 Å². The fourth-order valence-electron chi connectivity index (χ4n) is 0.831. The van der Waals surface area contributed by atoms with Crippen molar-refractivity contribution in [3.63, 3.8) is 0 Å². The van der Waals surface area contributed by atoms with E-state index >= 15 is 0 Å². The number of halogens is 3. The summed E-state index contributed by atoms with van der Waals surface area (Å²) in [7, 11) is 0. The molecule has 0 spiro atoms. The van der Waals surface area contributed by atoms with E-state index in [0.717, 1.165) is 6.20 Å². The molecule has 8 heteroatoms. The van der Waals surface area contributed by atoms with Gasteiger partial charge in [0.05, 0.1) is 0 Å². The number of rotatable bonds is 3. The van der Waals surface area contributed by atoms with Crippen LogP contribution in [-0.4, -0.2) is 28.8 Å². The summed E-state index contributed by atoms with van der Waals surface area (Å²) in [6.07, 6.45) is -3.27. The Morgan fingerprint density at radius 2 is 2.19 bits per heavy atom. The Labute approximate surface area is 88.3 Å². The summed E-state index contributed by atoms with van der Waals surface area (Å²) in [6, 6.07) is 2.52. The fraction of sp³-hybridized carbons (Fsp3) is 0.250. The van der Waals surface area contributed by atoms with Crippen molar-refractivity contribution in [3.8, 4) is 5.88 Å². The molecule has 0 saturated heterocycles. The number of hydrogen-bond donors (Lipinski definition) is 2. The largest absolute Gasteiger partial charge is 0.468 e. The first-order valence-corrected chi connectivity index (χ1v) is 4.06.